The summed E-state index contributed by atoms with van der Waals surface area (Å²) in [6.45, 7) is 8.04. The molecule has 0 unspecified atom stereocenters. The van der Waals surface area contributed by atoms with Gasteiger partial charge in [-0.2, -0.15) is 5.06 Å². The molecule has 3 heteroatoms. The van der Waals surface area contributed by atoms with Crippen LogP contribution in [-0.2, 0) is 9.63 Å². The van der Waals surface area contributed by atoms with Crippen LogP contribution in [0.2, 0.25) is 0 Å². The Bertz CT molecular complexity index is 183. The van der Waals surface area contributed by atoms with E-state index in [1.807, 2.05) is 18.9 Å². The molecule has 1 heterocycles. The standard InChI is InChI=1S/C10H19NO2/c1-9(12)10(2,3)8-11-6-4-5-7-13-11/h4-8H2,1-3H3. The van der Waals surface area contributed by atoms with Crippen molar-refractivity contribution >= 4 is 5.78 Å². The summed E-state index contributed by atoms with van der Waals surface area (Å²) in [5.74, 6) is 0.224. The molecular formula is C10H19NO2. The molecule has 0 aliphatic carbocycles. The van der Waals surface area contributed by atoms with Crippen molar-refractivity contribution < 1.29 is 9.63 Å². The number of Topliss-reactive ketones (excluding diaryl/α,β-unsaturated/α-hetero) is 1. The van der Waals surface area contributed by atoms with E-state index in [2.05, 4.69) is 0 Å². The van der Waals surface area contributed by atoms with E-state index in [1.165, 1.54) is 6.42 Å². The maximum absolute atomic E-state index is 11.3. The Balaban J connectivity index is 2.41. The maximum atomic E-state index is 11.3. The van der Waals surface area contributed by atoms with Gasteiger partial charge >= 0.3 is 0 Å². The first-order valence-electron chi connectivity index (χ1n) is 4.91. The van der Waals surface area contributed by atoms with Crippen molar-refractivity contribution in [1.29, 1.82) is 0 Å². The van der Waals surface area contributed by atoms with E-state index < -0.39 is 0 Å². The van der Waals surface area contributed by atoms with E-state index in [9.17, 15) is 4.79 Å². The van der Waals surface area contributed by atoms with Crippen molar-refractivity contribution in [3.8, 4) is 0 Å². The van der Waals surface area contributed by atoms with E-state index in [-0.39, 0.29) is 11.2 Å². The fourth-order valence-corrected chi connectivity index (χ4v) is 1.33. The summed E-state index contributed by atoms with van der Waals surface area (Å²) in [7, 11) is 0. The van der Waals surface area contributed by atoms with Gasteiger partial charge in [-0.15, -0.1) is 0 Å². The molecule has 0 aromatic rings. The van der Waals surface area contributed by atoms with Crippen LogP contribution in [0.1, 0.15) is 33.6 Å². The minimum Gasteiger partial charge on any atom is -0.299 e. The van der Waals surface area contributed by atoms with Gasteiger partial charge in [-0.25, -0.2) is 0 Å². The lowest BCUT2D eigenvalue weighted by Crippen LogP contribution is -2.40. The fourth-order valence-electron chi connectivity index (χ4n) is 1.33. The average Bonchev–Trinajstić information content (AvgIpc) is 2.05. The summed E-state index contributed by atoms with van der Waals surface area (Å²) in [5.41, 5.74) is -0.280. The second kappa shape index (κ2) is 4.20. The summed E-state index contributed by atoms with van der Waals surface area (Å²) < 4.78 is 0. The van der Waals surface area contributed by atoms with Gasteiger partial charge in [-0.1, -0.05) is 13.8 Å². The Morgan fingerprint density at radius 2 is 2.15 bits per heavy atom. The van der Waals surface area contributed by atoms with Crippen LogP contribution < -0.4 is 0 Å². The summed E-state index contributed by atoms with van der Waals surface area (Å²) in [6.07, 6.45) is 2.31. The molecule has 1 rings (SSSR count). The first-order valence-corrected chi connectivity index (χ1v) is 4.91. The third-order valence-corrected chi connectivity index (χ3v) is 2.60. The van der Waals surface area contributed by atoms with Gasteiger partial charge in [0.25, 0.3) is 0 Å². The molecule has 3 nitrogen and oxygen atoms in total. The largest absolute Gasteiger partial charge is 0.299 e. The zero-order chi connectivity index (χ0) is 9.90. The smallest absolute Gasteiger partial charge is 0.136 e. The summed E-state index contributed by atoms with van der Waals surface area (Å²) >= 11 is 0. The van der Waals surface area contributed by atoms with E-state index in [0.29, 0.717) is 6.54 Å². The van der Waals surface area contributed by atoms with Crippen LogP contribution in [0.15, 0.2) is 0 Å². The molecule has 0 aromatic carbocycles. The zero-order valence-corrected chi connectivity index (χ0v) is 8.80. The highest BCUT2D eigenvalue weighted by molar-refractivity contribution is 5.81. The summed E-state index contributed by atoms with van der Waals surface area (Å²) in [5, 5.41) is 1.92. The molecular weight excluding hydrogens is 166 g/mol. The molecule has 0 aromatic heterocycles. The highest BCUT2D eigenvalue weighted by Gasteiger charge is 2.27. The molecule has 13 heavy (non-hydrogen) atoms. The van der Waals surface area contributed by atoms with Crippen LogP contribution >= 0.6 is 0 Å². The van der Waals surface area contributed by atoms with Gasteiger partial charge in [0.1, 0.15) is 5.78 Å². The van der Waals surface area contributed by atoms with Crippen molar-refractivity contribution in [1.82, 2.24) is 5.06 Å². The molecule has 0 spiro atoms. The molecule has 1 aliphatic heterocycles. The maximum Gasteiger partial charge on any atom is 0.136 e. The van der Waals surface area contributed by atoms with Gasteiger partial charge in [-0.3, -0.25) is 9.63 Å². The number of ketones is 1. The number of carbonyl (C=O) groups is 1. The van der Waals surface area contributed by atoms with Crippen LogP contribution in [0.3, 0.4) is 0 Å². The molecule has 0 radical (unpaired) electrons. The average molecular weight is 185 g/mol. The SMILES string of the molecule is CC(=O)C(C)(C)CN1CCCCO1. The van der Waals surface area contributed by atoms with Crippen molar-refractivity contribution in [3.63, 3.8) is 0 Å². The minimum absolute atomic E-state index is 0.224. The Kier molecular flexibility index (Phi) is 3.45. The molecule has 0 atom stereocenters. The van der Waals surface area contributed by atoms with Gasteiger partial charge in [-0.05, 0) is 19.8 Å². The normalized spacial score (nSPS) is 20.2. The minimum atomic E-state index is -0.280. The Morgan fingerprint density at radius 3 is 2.62 bits per heavy atom. The summed E-state index contributed by atoms with van der Waals surface area (Å²) in [6, 6.07) is 0. The quantitative estimate of drug-likeness (QED) is 0.669. The number of hydrogen-bond acceptors (Lipinski definition) is 3. The second-order valence-corrected chi connectivity index (χ2v) is 4.34. The zero-order valence-electron chi connectivity index (χ0n) is 8.80. The molecule has 0 saturated carbocycles. The van der Waals surface area contributed by atoms with Gasteiger partial charge in [0, 0.05) is 18.5 Å². The number of carbonyl (C=O) groups excluding carboxylic acids is 1. The lowest BCUT2D eigenvalue weighted by molar-refractivity contribution is -0.194. The first-order chi connectivity index (χ1) is 6.02. The van der Waals surface area contributed by atoms with Crippen LogP contribution in [0.25, 0.3) is 0 Å². The molecule has 1 fully saturated rings. The molecule has 0 bridgehead atoms. The number of nitrogens with zero attached hydrogens (tertiary/aromatic N) is 1. The lowest BCUT2D eigenvalue weighted by atomic mass is 9.89. The number of rotatable bonds is 3. The van der Waals surface area contributed by atoms with E-state index in [4.69, 9.17) is 4.84 Å². The Labute approximate surface area is 80.0 Å². The van der Waals surface area contributed by atoms with Gasteiger partial charge in [0.05, 0.1) is 6.61 Å². The van der Waals surface area contributed by atoms with E-state index >= 15 is 0 Å². The van der Waals surface area contributed by atoms with Gasteiger partial charge in [0.2, 0.25) is 0 Å². The number of hydrogen-bond donors (Lipinski definition) is 0. The Hall–Kier alpha value is -0.410. The van der Waals surface area contributed by atoms with Crippen molar-refractivity contribution in [2.75, 3.05) is 19.7 Å². The third-order valence-electron chi connectivity index (χ3n) is 2.60. The first kappa shape index (κ1) is 10.7. The van der Waals surface area contributed by atoms with Crippen molar-refractivity contribution in [3.05, 3.63) is 0 Å². The monoisotopic (exact) mass is 185 g/mol. The fraction of sp³-hybridized carbons (Fsp3) is 0.900. The predicted octanol–water partition coefficient (Wildman–Crippen LogP) is 1.63. The van der Waals surface area contributed by atoms with E-state index in [1.54, 1.807) is 6.92 Å². The summed E-state index contributed by atoms with van der Waals surface area (Å²) in [4.78, 5) is 16.7. The lowest BCUT2D eigenvalue weighted by Gasteiger charge is -2.32. The molecule has 1 aliphatic rings. The van der Waals surface area contributed by atoms with Crippen molar-refractivity contribution in [2.45, 2.75) is 33.6 Å². The highest BCUT2D eigenvalue weighted by atomic mass is 16.7. The van der Waals surface area contributed by atoms with Crippen LogP contribution in [0.5, 0.6) is 0 Å². The Morgan fingerprint density at radius 1 is 1.46 bits per heavy atom. The second-order valence-electron chi connectivity index (χ2n) is 4.34. The number of hydroxylamine groups is 2. The van der Waals surface area contributed by atoms with Crippen LogP contribution in [0.4, 0.5) is 0 Å². The molecule has 0 amide bonds. The topological polar surface area (TPSA) is 29.5 Å². The van der Waals surface area contributed by atoms with Crippen LogP contribution in [0, 0.1) is 5.41 Å². The van der Waals surface area contributed by atoms with Gasteiger partial charge < -0.3 is 0 Å². The third kappa shape index (κ3) is 3.08. The van der Waals surface area contributed by atoms with Crippen molar-refractivity contribution in [2.24, 2.45) is 5.41 Å². The highest BCUT2D eigenvalue weighted by Crippen LogP contribution is 2.20. The van der Waals surface area contributed by atoms with E-state index in [0.717, 1.165) is 19.6 Å². The predicted molar refractivity (Wildman–Crippen MR) is 51.2 cm³/mol. The van der Waals surface area contributed by atoms with Gasteiger partial charge in [0.15, 0.2) is 0 Å². The molecule has 1 saturated heterocycles. The molecule has 0 N–H and O–H groups in total. The molecule has 76 valence electrons. The van der Waals surface area contributed by atoms with Crippen LogP contribution in [-0.4, -0.2) is 30.5 Å².